The number of nitrogens with zero attached hydrogens (tertiary/aromatic N) is 8. The molecule has 4 aromatic heterocycles. The Balaban J connectivity index is 1.24. The molecule has 6 rings (SSSR count). The quantitative estimate of drug-likeness (QED) is 0.421. The van der Waals surface area contributed by atoms with Crippen LogP contribution in [0.3, 0.4) is 0 Å². The molecule has 1 aliphatic rings. The van der Waals surface area contributed by atoms with Crippen molar-refractivity contribution in [1.29, 1.82) is 0 Å². The first-order valence-corrected chi connectivity index (χ1v) is 11.1. The number of hydrogen-bond donors (Lipinski definition) is 0. The van der Waals surface area contributed by atoms with Gasteiger partial charge < -0.3 is 4.57 Å². The average molecular weight is 437 g/mol. The van der Waals surface area contributed by atoms with Gasteiger partial charge in [0.05, 0.1) is 28.8 Å². The molecule has 8 nitrogen and oxygen atoms in total. The minimum Gasteiger partial charge on any atom is -0.325 e. The lowest BCUT2D eigenvalue weighted by Gasteiger charge is -2.29. The van der Waals surface area contributed by atoms with Crippen LogP contribution in [0.15, 0.2) is 79.5 Å². The van der Waals surface area contributed by atoms with E-state index in [9.17, 15) is 0 Å². The molecule has 164 valence electrons. The first-order chi connectivity index (χ1) is 16.3. The summed E-state index contributed by atoms with van der Waals surface area (Å²) in [7, 11) is 0. The van der Waals surface area contributed by atoms with Crippen LogP contribution in [0.4, 0.5) is 0 Å². The van der Waals surface area contributed by atoms with Crippen LogP contribution in [0.5, 0.6) is 0 Å². The van der Waals surface area contributed by atoms with E-state index < -0.39 is 0 Å². The summed E-state index contributed by atoms with van der Waals surface area (Å²) in [5.74, 6) is 1.69. The summed E-state index contributed by atoms with van der Waals surface area (Å²) in [6, 6.07) is 16.2. The van der Waals surface area contributed by atoms with Crippen molar-refractivity contribution in [2.75, 3.05) is 6.54 Å². The number of benzene rings is 1. The van der Waals surface area contributed by atoms with Crippen LogP contribution >= 0.6 is 0 Å². The van der Waals surface area contributed by atoms with Crippen molar-refractivity contribution in [3.05, 3.63) is 96.6 Å². The number of para-hydroxylation sites is 1. The summed E-state index contributed by atoms with van der Waals surface area (Å²) in [5.41, 5.74) is 5.59. The molecule has 0 amide bonds. The monoisotopic (exact) mass is 436 g/mol. The molecule has 0 saturated heterocycles. The van der Waals surface area contributed by atoms with E-state index in [1.165, 1.54) is 11.4 Å². The zero-order chi connectivity index (χ0) is 22.2. The van der Waals surface area contributed by atoms with Crippen molar-refractivity contribution in [2.24, 2.45) is 0 Å². The lowest BCUT2D eigenvalue weighted by atomic mass is 10.2. The summed E-state index contributed by atoms with van der Waals surface area (Å²) in [4.78, 5) is 16.2. The Bertz CT molecular complexity index is 1380. The molecular formula is C25H24N8. The average Bonchev–Trinajstić information content (AvgIpc) is 3.60. The molecule has 33 heavy (non-hydrogen) atoms. The van der Waals surface area contributed by atoms with Gasteiger partial charge in [0.25, 0.3) is 0 Å². The van der Waals surface area contributed by atoms with E-state index in [2.05, 4.69) is 60.4 Å². The smallest absolute Gasteiger partial charge is 0.233 e. The molecule has 0 N–H and O–H groups in total. The second-order valence-corrected chi connectivity index (χ2v) is 8.26. The Labute approximate surface area is 191 Å². The van der Waals surface area contributed by atoms with Crippen molar-refractivity contribution >= 4 is 0 Å². The van der Waals surface area contributed by atoms with Gasteiger partial charge >= 0.3 is 0 Å². The first kappa shape index (κ1) is 19.6. The van der Waals surface area contributed by atoms with Crippen molar-refractivity contribution in [2.45, 2.75) is 26.6 Å². The van der Waals surface area contributed by atoms with Crippen molar-refractivity contribution in [3.63, 3.8) is 0 Å². The molecule has 0 radical (unpaired) electrons. The van der Waals surface area contributed by atoms with Crippen LogP contribution in [0, 0.1) is 6.92 Å². The van der Waals surface area contributed by atoms with Crippen molar-refractivity contribution < 1.29 is 0 Å². The topological polar surface area (TPSA) is 69.6 Å². The van der Waals surface area contributed by atoms with Gasteiger partial charge in [-0.1, -0.05) is 18.2 Å². The summed E-state index contributed by atoms with van der Waals surface area (Å²) in [6.07, 6.45) is 9.53. The molecule has 0 spiro atoms. The maximum Gasteiger partial charge on any atom is 0.233 e. The lowest BCUT2D eigenvalue weighted by molar-refractivity contribution is 0.209. The van der Waals surface area contributed by atoms with Gasteiger partial charge in [0.2, 0.25) is 5.95 Å². The number of imidazole rings is 1. The SMILES string of the molecule is Cc1nc(-c2cnn(-c3ccccc3)c2)n2c1CN(Cc1cccn1-c1ncccn1)CC2. The van der Waals surface area contributed by atoms with Crippen molar-refractivity contribution in [1.82, 2.24) is 38.8 Å². The predicted molar refractivity (Wildman–Crippen MR) is 125 cm³/mol. The highest BCUT2D eigenvalue weighted by molar-refractivity contribution is 5.56. The first-order valence-electron chi connectivity index (χ1n) is 11.1. The highest BCUT2D eigenvalue weighted by Gasteiger charge is 2.24. The second kappa shape index (κ2) is 8.14. The number of hydrogen-bond acceptors (Lipinski definition) is 5. The molecule has 0 bridgehead atoms. The second-order valence-electron chi connectivity index (χ2n) is 8.26. The zero-order valence-corrected chi connectivity index (χ0v) is 18.4. The Hall–Kier alpha value is -4.04. The van der Waals surface area contributed by atoms with E-state index in [1.54, 1.807) is 12.4 Å². The Morgan fingerprint density at radius 3 is 2.64 bits per heavy atom. The number of rotatable bonds is 5. The third-order valence-corrected chi connectivity index (χ3v) is 6.13. The molecule has 1 aliphatic heterocycles. The normalized spacial score (nSPS) is 13.8. The molecule has 0 atom stereocenters. The van der Waals surface area contributed by atoms with Gasteiger partial charge in [-0.2, -0.15) is 5.10 Å². The molecule has 0 aliphatic carbocycles. The highest BCUT2D eigenvalue weighted by atomic mass is 15.3. The standard InChI is InChI=1S/C25H24N8/c1-19-23-18-30(17-22-9-5-12-31(22)25-26-10-6-11-27-25)13-14-32(23)24(29-19)20-15-28-33(16-20)21-7-3-2-4-8-21/h2-12,15-16H,13-14,17-18H2,1H3. The molecule has 0 unspecified atom stereocenters. The third kappa shape index (κ3) is 3.64. The Morgan fingerprint density at radius 2 is 1.79 bits per heavy atom. The summed E-state index contributed by atoms with van der Waals surface area (Å²) in [5, 5.41) is 4.56. The molecule has 5 heterocycles. The summed E-state index contributed by atoms with van der Waals surface area (Å²) >= 11 is 0. The van der Waals surface area contributed by atoms with Crippen LogP contribution in [-0.4, -0.2) is 45.3 Å². The van der Waals surface area contributed by atoms with E-state index in [1.807, 2.05) is 47.4 Å². The largest absolute Gasteiger partial charge is 0.325 e. The highest BCUT2D eigenvalue weighted by Crippen LogP contribution is 2.27. The summed E-state index contributed by atoms with van der Waals surface area (Å²) in [6.45, 7) is 5.62. The fraction of sp³-hybridized carbons (Fsp3) is 0.200. The molecular weight excluding hydrogens is 412 g/mol. The minimum atomic E-state index is 0.702. The van der Waals surface area contributed by atoms with E-state index in [0.717, 1.165) is 48.9 Å². The van der Waals surface area contributed by atoms with Gasteiger partial charge in [-0.15, -0.1) is 0 Å². The number of fused-ring (bicyclic) bond motifs is 1. The van der Waals surface area contributed by atoms with Gasteiger partial charge in [0.1, 0.15) is 5.82 Å². The molecule has 1 aromatic carbocycles. The van der Waals surface area contributed by atoms with Crippen molar-refractivity contribution in [3.8, 4) is 23.0 Å². The Kier molecular flexibility index (Phi) is 4.84. The zero-order valence-electron chi connectivity index (χ0n) is 18.4. The predicted octanol–water partition coefficient (Wildman–Crippen LogP) is 3.64. The van der Waals surface area contributed by atoms with Crippen LogP contribution < -0.4 is 0 Å². The maximum atomic E-state index is 4.92. The van der Waals surface area contributed by atoms with Crippen LogP contribution in [-0.2, 0) is 19.6 Å². The van der Waals surface area contributed by atoms with Crippen LogP contribution in [0.2, 0.25) is 0 Å². The van der Waals surface area contributed by atoms with E-state index in [0.29, 0.717) is 5.95 Å². The van der Waals surface area contributed by atoms with Gasteiger partial charge in [0.15, 0.2) is 0 Å². The minimum absolute atomic E-state index is 0.702. The molecule has 0 fully saturated rings. The van der Waals surface area contributed by atoms with Crippen LogP contribution in [0.25, 0.3) is 23.0 Å². The lowest BCUT2D eigenvalue weighted by Crippen LogP contribution is -2.34. The Morgan fingerprint density at radius 1 is 0.939 bits per heavy atom. The fourth-order valence-corrected chi connectivity index (χ4v) is 4.48. The van der Waals surface area contributed by atoms with Crippen LogP contribution in [0.1, 0.15) is 17.1 Å². The molecule has 0 saturated carbocycles. The van der Waals surface area contributed by atoms with Gasteiger partial charge in [-0.25, -0.2) is 19.6 Å². The van der Waals surface area contributed by atoms with E-state index in [-0.39, 0.29) is 0 Å². The summed E-state index contributed by atoms with van der Waals surface area (Å²) < 4.78 is 6.31. The van der Waals surface area contributed by atoms with Gasteiger partial charge in [-0.05, 0) is 37.3 Å². The van der Waals surface area contributed by atoms with E-state index >= 15 is 0 Å². The molecule has 5 aromatic rings. The molecule has 8 heteroatoms. The van der Waals surface area contributed by atoms with Gasteiger partial charge in [0, 0.05) is 56.7 Å². The number of aryl methyl sites for hydroxylation is 1. The fourth-order valence-electron chi connectivity index (χ4n) is 4.48. The number of aromatic nitrogens is 7. The van der Waals surface area contributed by atoms with Gasteiger partial charge in [-0.3, -0.25) is 9.47 Å². The third-order valence-electron chi connectivity index (χ3n) is 6.13. The maximum absolute atomic E-state index is 4.92. The van der Waals surface area contributed by atoms with E-state index in [4.69, 9.17) is 4.98 Å².